The molecule has 0 N–H and O–H groups in total. The van der Waals surface area contributed by atoms with Gasteiger partial charge in [-0.15, -0.1) is 11.3 Å². The number of hydrogen-bond acceptors (Lipinski definition) is 4. The van der Waals surface area contributed by atoms with Gasteiger partial charge in [-0.05, 0) is 30.3 Å². The van der Waals surface area contributed by atoms with Crippen molar-refractivity contribution in [2.24, 2.45) is 0 Å². The van der Waals surface area contributed by atoms with Gasteiger partial charge in [-0.25, -0.2) is 13.8 Å². The molecular formula is C17H13ClF2N2O2S. The molecule has 1 amide bonds. The molecule has 8 heteroatoms. The molecule has 0 aliphatic rings. The van der Waals surface area contributed by atoms with Crippen molar-refractivity contribution in [1.82, 2.24) is 9.88 Å². The summed E-state index contributed by atoms with van der Waals surface area (Å²) in [4.78, 5) is 17.4. The normalized spacial score (nSPS) is 10.9. The van der Waals surface area contributed by atoms with Gasteiger partial charge in [0.05, 0.1) is 10.2 Å². The van der Waals surface area contributed by atoms with Crippen LogP contribution in [0.1, 0.15) is 15.4 Å². The lowest BCUT2D eigenvalue weighted by molar-refractivity contribution is 0.0816. The van der Waals surface area contributed by atoms with Crippen LogP contribution in [0.3, 0.4) is 0 Å². The summed E-state index contributed by atoms with van der Waals surface area (Å²) in [6.45, 7) is -0.00485. The second-order valence-electron chi connectivity index (χ2n) is 5.44. The number of aromatic nitrogens is 1. The van der Waals surface area contributed by atoms with E-state index in [0.717, 1.165) is 27.2 Å². The molecule has 0 bridgehead atoms. The first-order valence-corrected chi connectivity index (χ1v) is 8.43. The molecule has 130 valence electrons. The number of carbonyl (C=O) groups is 1. The van der Waals surface area contributed by atoms with Crippen LogP contribution in [0.4, 0.5) is 8.78 Å². The minimum atomic E-state index is -1.03. The number of rotatable bonds is 4. The van der Waals surface area contributed by atoms with Gasteiger partial charge < -0.3 is 9.64 Å². The summed E-state index contributed by atoms with van der Waals surface area (Å²) in [5.74, 6) is -2.93. The van der Waals surface area contributed by atoms with E-state index in [-0.39, 0.29) is 12.4 Å². The third-order valence-electron chi connectivity index (χ3n) is 3.42. The molecule has 0 spiro atoms. The molecule has 3 rings (SSSR count). The molecule has 0 aliphatic heterocycles. The zero-order valence-electron chi connectivity index (χ0n) is 13.3. The molecule has 1 aromatic heterocycles. The maximum Gasteiger partial charge on any atom is 0.259 e. The number of hydrogen-bond donors (Lipinski definition) is 0. The van der Waals surface area contributed by atoms with Gasteiger partial charge in [-0.2, -0.15) is 0 Å². The number of nitrogens with zero attached hydrogens (tertiary/aromatic N) is 2. The zero-order valence-corrected chi connectivity index (χ0v) is 14.9. The quantitative estimate of drug-likeness (QED) is 0.666. The van der Waals surface area contributed by atoms with Crippen LogP contribution in [0.5, 0.6) is 5.75 Å². The minimum absolute atomic E-state index is 0.00485. The van der Waals surface area contributed by atoms with Crippen LogP contribution in [0.15, 0.2) is 30.3 Å². The molecular weight excluding hydrogens is 370 g/mol. The Morgan fingerprint density at radius 1 is 1.28 bits per heavy atom. The van der Waals surface area contributed by atoms with E-state index >= 15 is 0 Å². The lowest BCUT2D eigenvalue weighted by Crippen LogP contribution is -2.24. The number of ether oxygens (including phenoxy) is 1. The van der Waals surface area contributed by atoms with Gasteiger partial charge >= 0.3 is 0 Å². The highest BCUT2D eigenvalue weighted by atomic mass is 35.5. The predicted molar refractivity (Wildman–Crippen MR) is 93.3 cm³/mol. The number of fused-ring (bicyclic) bond motifs is 1. The Bertz CT molecular complexity index is 959. The molecule has 0 saturated carbocycles. The minimum Gasteiger partial charge on any atom is -0.483 e. The molecule has 1 heterocycles. The molecule has 0 aliphatic carbocycles. The van der Waals surface area contributed by atoms with E-state index in [2.05, 4.69) is 4.98 Å². The van der Waals surface area contributed by atoms with Crippen molar-refractivity contribution in [3.63, 3.8) is 0 Å². The first-order valence-electron chi connectivity index (χ1n) is 7.24. The van der Waals surface area contributed by atoms with Gasteiger partial charge in [0.2, 0.25) is 0 Å². The van der Waals surface area contributed by atoms with Crippen LogP contribution in [0.2, 0.25) is 5.02 Å². The van der Waals surface area contributed by atoms with E-state index < -0.39 is 23.1 Å². The molecule has 0 fully saturated rings. The number of halogens is 3. The maximum absolute atomic E-state index is 14.5. The molecule has 2 aromatic carbocycles. The van der Waals surface area contributed by atoms with E-state index in [1.165, 1.54) is 25.4 Å². The SMILES string of the molecule is CN(C)C(=O)c1c(F)ccc(OCc2nc3cc(Cl)ccc3s2)c1F. The highest BCUT2D eigenvalue weighted by molar-refractivity contribution is 7.18. The van der Waals surface area contributed by atoms with Crippen molar-refractivity contribution in [2.45, 2.75) is 6.61 Å². The van der Waals surface area contributed by atoms with E-state index in [9.17, 15) is 13.6 Å². The molecule has 0 atom stereocenters. The van der Waals surface area contributed by atoms with Crippen LogP contribution in [0, 0.1) is 11.6 Å². The van der Waals surface area contributed by atoms with Crippen molar-refractivity contribution in [2.75, 3.05) is 14.1 Å². The van der Waals surface area contributed by atoms with E-state index in [4.69, 9.17) is 16.3 Å². The Labute approximate surface area is 151 Å². The Hall–Kier alpha value is -2.25. The summed E-state index contributed by atoms with van der Waals surface area (Å²) in [7, 11) is 2.84. The van der Waals surface area contributed by atoms with Crippen molar-refractivity contribution >= 4 is 39.1 Å². The first kappa shape index (κ1) is 17.6. The van der Waals surface area contributed by atoms with Crippen LogP contribution in [0.25, 0.3) is 10.2 Å². The van der Waals surface area contributed by atoms with Gasteiger partial charge in [0.25, 0.3) is 5.91 Å². The van der Waals surface area contributed by atoms with E-state index in [1.807, 2.05) is 6.07 Å². The monoisotopic (exact) mass is 382 g/mol. The zero-order chi connectivity index (χ0) is 18.1. The van der Waals surface area contributed by atoms with Crippen molar-refractivity contribution in [1.29, 1.82) is 0 Å². The fraction of sp³-hybridized carbons (Fsp3) is 0.176. The summed E-state index contributed by atoms with van der Waals surface area (Å²) in [5, 5.41) is 1.18. The fourth-order valence-electron chi connectivity index (χ4n) is 2.21. The standard InChI is InChI=1S/C17H13ClF2N2O2S/c1-22(2)17(23)15-10(19)4-5-12(16(15)20)24-8-14-21-11-7-9(18)3-6-13(11)25-14/h3-7H,8H2,1-2H3. The molecule has 4 nitrogen and oxygen atoms in total. The Balaban J connectivity index is 1.85. The van der Waals surface area contributed by atoms with Crippen molar-refractivity contribution < 1.29 is 18.3 Å². The molecule has 0 saturated heterocycles. The largest absolute Gasteiger partial charge is 0.483 e. The topological polar surface area (TPSA) is 42.4 Å². The molecule has 0 radical (unpaired) electrons. The van der Waals surface area contributed by atoms with E-state index in [0.29, 0.717) is 10.0 Å². The summed E-state index contributed by atoms with van der Waals surface area (Å²) < 4.78 is 34.6. The summed E-state index contributed by atoms with van der Waals surface area (Å²) >= 11 is 7.30. The van der Waals surface area contributed by atoms with Gasteiger partial charge in [-0.3, -0.25) is 4.79 Å². The first-order chi connectivity index (χ1) is 11.9. The van der Waals surface area contributed by atoms with Crippen LogP contribution >= 0.6 is 22.9 Å². The molecule has 0 unspecified atom stereocenters. The van der Waals surface area contributed by atoms with Crippen molar-refractivity contribution in [3.8, 4) is 5.75 Å². The van der Waals surface area contributed by atoms with Gasteiger partial charge in [0.1, 0.15) is 23.0 Å². The number of benzene rings is 2. The van der Waals surface area contributed by atoms with Crippen LogP contribution in [-0.4, -0.2) is 29.9 Å². The number of carbonyl (C=O) groups excluding carboxylic acids is 1. The maximum atomic E-state index is 14.5. The van der Waals surface area contributed by atoms with Gasteiger partial charge in [0.15, 0.2) is 11.6 Å². The lowest BCUT2D eigenvalue weighted by atomic mass is 10.1. The Kier molecular flexibility index (Phi) is 4.87. The number of amides is 1. The van der Waals surface area contributed by atoms with E-state index in [1.54, 1.807) is 12.1 Å². The average molecular weight is 383 g/mol. The lowest BCUT2D eigenvalue weighted by Gasteiger charge is -2.14. The van der Waals surface area contributed by atoms with Gasteiger partial charge in [-0.1, -0.05) is 11.6 Å². The Morgan fingerprint density at radius 3 is 2.76 bits per heavy atom. The summed E-state index contributed by atoms with van der Waals surface area (Å²) in [6.07, 6.45) is 0. The third kappa shape index (κ3) is 3.57. The predicted octanol–water partition coefficient (Wildman–Crippen LogP) is 4.51. The fourth-order valence-corrected chi connectivity index (χ4v) is 3.24. The molecule has 25 heavy (non-hydrogen) atoms. The second kappa shape index (κ2) is 6.93. The summed E-state index contributed by atoms with van der Waals surface area (Å²) in [6, 6.07) is 7.48. The Morgan fingerprint density at radius 2 is 2.04 bits per heavy atom. The van der Waals surface area contributed by atoms with Gasteiger partial charge in [0, 0.05) is 19.1 Å². The van der Waals surface area contributed by atoms with Crippen molar-refractivity contribution in [3.05, 3.63) is 57.6 Å². The second-order valence-corrected chi connectivity index (χ2v) is 6.99. The smallest absolute Gasteiger partial charge is 0.259 e. The third-order valence-corrected chi connectivity index (χ3v) is 4.67. The van der Waals surface area contributed by atoms with Crippen LogP contribution < -0.4 is 4.74 Å². The van der Waals surface area contributed by atoms with Crippen LogP contribution in [-0.2, 0) is 6.61 Å². The number of thiazole rings is 1. The molecule has 3 aromatic rings. The highest BCUT2D eigenvalue weighted by Crippen LogP contribution is 2.28. The summed E-state index contributed by atoms with van der Waals surface area (Å²) in [5.41, 5.74) is 0.0812. The average Bonchev–Trinajstić information content (AvgIpc) is 2.95. The highest BCUT2D eigenvalue weighted by Gasteiger charge is 2.23.